The van der Waals surface area contributed by atoms with Crippen LogP contribution in [0.2, 0.25) is 0 Å². The molecule has 3 fully saturated rings. The summed E-state index contributed by atoms with van der Waals surface area (Å²) in [6.07, 6.45) is 11.1. The van der Waals surface area contributed by atoms with Crippen LogP contribution in [0, 0.1) is 5.92 Å². The largest absolute Gasteiger partial charge is 0.340 e. The van der Waals surface area contributed by atoms with Gasteiger partial charge in [0.25, 0.3) is 0 Å². The maximum atomic E-state index is 12.5. The molecular weight excluding hydrogens is 494 g/mol. The van der Waals surface area contributed by atoms with Crippen molar-refractivity contribution >= 4 is 17.5 Å². The number of nitrogens with zero attached hydrogens (tertiary/aromatic N) is 8. The van der Waals surface area contributed by atoms with E-state index < -0.39 is 0 Å². The molecule has 1 amide bonds. The van der Waals surface area contributed by atoms with Gasteiger partial charge >= 0.3 is 0 Å². The first-order valence-corrected chi connectivity index (χ1v) is 14.6. The summed E-state index contributed by atoms with van der Waals surface area (Å²) in [7, 11) is 0. The molecular formula is C28H39N9O2. The summed E-state index contributed by atoms with van der Waals surface area (Å²) in [6.45, 7) is 3.95. The highest BCUT2D eigenvalue weighted by atomic mass is 16.5. The van der Waals surface area contributed by atoms with Gasteiger partial charge < -0.3 is 14.7 Å². The predicted molar refractivity (Wildman–Crippen MR) is 146 cm³/mol. The molecule has 0 bridgehead atoms. The Morgan fingerprint density at radius 2 is 1.72 bits per heavy atom. The maximum Gasteiger partial charge on any atom is 0.245 e. The minimum atomic E-state index is 0.0244. The number of nitrogens with one attached hydrogen (secondary N) is 1. The van der Waals surface area contributed by atoms with Crippen molar-refractivity contribution < 1.29 is 9.32 Å². The Balaban J connectivity index is 0.965. The van der Waals surface area contributed by atoms with Crippen LogP contribution in [0.1, 0.15) is 81.5 Å². The molecule has 1 aromatic carbocycles. The number of anilines is 2. The van der Waals surface area contributed by atoms with Crippen LogP contribution >= 0.6 is 0 Å². The van der Waals surface area contributed by atoms with Crippen molar-refractivity contribution in [2.24, 2.45) is 5.92 Å². The summed E-state index contributed by atoms with van der Waals surface area (Å²) in [6, 6.07) is 9.86. The molecule has 0 radical (unpaired) electrons. The second kappa shape index (κ2) is 12.2. The van der Waals surface area contributed by atoms with Gasteiger partial charge in [-0.1, -0.05) is 47.7 Å². The lowest BCUT2D eigenvalue weighted by atomic mass is 9.89. The van der Waals surface area contributed by atoms with Gasteiger partial charge in [-0.25, -0.2) is 4.68 Å². The molecule has 208 valence electrons. The third kappa shape index (κ3) is 6.46. The molecule has 39 heavy (non-hydrogen) atoms. The van der Waals surface area contributed by atoms with E-state index in [1.807, 2.05) is 35.0 Å². The fourth-order valence-electron chi connectivity index (χ4n) is 6.34. The summed E-state index contributed by atoms with van der Waals surface area (Å²) in [4.78, 5) is 21.7. The number of hydrogen-bond donors (Lipinski definition) is 1. The van der Waals surface area contributed by atoms with Gasteiger partial charge in [-0.05, 0) is 67.0 Å². The van der Waals surface area contributed by atoms with Crippen molar-refractivity contribution in [3.63, 3.8) is 0 Å². The van der Waals surface area contributed by atoms with E-state index in [0.717, 1.165) is 81.6 Å². The number of rotatable bonds is 8. The highest BCUT2D eigenvalue weighted by Gasteiger charge is 2.30. The van der Waals surface area contributed by atoms with E-state index in [4.69, 9.17) is 9.51 Å². The topological polar surface area (TPSA) is 118 Å². The van der Waals surface area contributed by atoms with Crippen molar-refractivity contribution in [2.75, 3.05) is 42.9 Å². The standard InChI is InChI=1S/C28H39N9O2/c38-25(29-23-9-5-2-6-10-23)20-35-15-13-24(14-16-35)37-28(31-33-34-37)36-17-11-21(12-18-36)19-26-30-27(32-39-26)22-7-3-1-4-8-22/h2,5-6,9-10,21-22,24H,1,3-4,7-8,11-20H2,(H,29,38). The first-order valence-electron chi connectivity index (χ1n) is 14.6. The number of carbonyl (C=O) groups excluding carboxylic acids is 1. The molecule has 1 aliphatic carbocycles. The third-order valence-corrected chi connectivity index (χ3v) is 8.62. The van der Waals surface area contributed by atoms with Crippen LogP contribution in [0.15, 0.2) is 34.9 Å². The average molecular weight is 534 g/mol. The molecule has 3 aliphatic rings. The first-order chi connectivity index (χ1) is 19.2. The lowest BCUT2D eigenvalue weighted by molar-refractivity contribution is -0.117. The zero-order chi connectivity index (χ0) is 26.4. The van der Waals surface area contributed by atoms with Gasteiger partial charge in [0.15, 0.2) is 5.82 Å². The van der Waals surface area contributed by atoms with Gasteiger partial charge in [0.2, 0.25) is 17.7 Å². The predicted octanol–water partition coefficient (Wildman–Crippen LogP) is 3.84. The van der Waals surface area contributed by atoms with Gasteiger partial charge in [-0.15, -0.1) is 0 Å². The summed E-state index contributed by atoms with van der Waals surface area (Å²) in [5.41, 5.74) is 0.834. The first kappa shape index (κ1) is 25.9. The molecule has 2 saturated heterocycles. The van der Waals surface area contributed by atoms with Crippen LogP contribution < -0.4 is 10.2 Å². The lowest BCUT2D eigenvalue weighted by Crippen LogP contribution is -2.41. The number of amides is 1. The number of benzene rings is 1. The van der Waals surface area contributed by atoms with Gasteiger partial charge in [0.05, 0.1) is 12.6 Å². The second-order valence-electron chi connectivity index (χ2n) is 11.4. The third-order valence-electron chi connectivity index (χ3n) is 8.62. The SMILES string of the molecule is O=C(CN1CCC(n2nnnc2N2CCC(Cc3nc(C4CCCCC4)no3)CC2)CC1)Nc1ccccc1. The maximum absolute atomic E-state index is 12.5. The van der Waals surface area contributed by atoms with E-state index in [0.29, 0.717) is 18.4 Å². The number of likely N-dealkylation sites (tertiary alicyclic amines) is 1. The highest BCUT2D eigenvalue weighted by Crippen LogP contribution is 2.32. The average Bonchev–Trinajstić information content (AvgIpc) is 3.65. The molecule has 0 spiro atoms. The van der Waals surface area contributed by atoms with Crippen LogP contribution in [-0.2, 0) is 11.2 Å². The smallest absolute Gasteiger partial charge is 0.245 e. The van der Waals surface area contributed by atoms with Gasteiger partial charge in [-0.2, -0.15) is 4.98 Å². The van der Waals surface area contributed by atoms with Gasteiger partial charge in [-0.3, -0.25) is 9.69 Å². The monoisotopic (exact) mass is 533 g/mol. The van der Waals surface area contributed by atoms with E-state index >= 15 is 0 Å². The molecule has 1 saturated carbocycles. The number of aromatic nitrogens is 6. The van der Waals surface area contributed by atoms with E-state index in [1.54, 1.807) is 0 Å². The van der Waals surface area contributed by atoms with Crippen molar-refractivity contribution in [3.05, 3.63) is 42.0 Å². The highest BCUT2D eigenvalue weighted by molar-refractivity contribution is 5.92. The Labute approximate surface area is 229 Å². The number of carbonyl (C=O) groups is 1. The fraction of sp³-hybridized carbons (Fsp3) is 0.643. The molecule has 2 aliphatic heterocycles. The van der Waals surface area contributed by atoms with Crippen LogP contribution in [0.5, 0.6) is 0 Å². The van der Waals surface area contributed by atoms with E-state index in [1.165, 1.54) is 32.1 Å². The lowest BCUT2D eigenvalue weighted by Gasteiger charge is -2.35. The molecule has 3 aromatic rings. The molecule has 0 atom stereocenters. The zero-order valence-electron chi connectivity index (χ0n) is 22.6. The second-order valence-corrected chi connectivity index (χ2v) is 11.4. The fourth-order valence-corrected chi connectivity index (χ4v) is 6.34. The van der Waals surface area contributed by atoms with Crippen molar-refractivity contribution in [1.29, 1.82) is 0 Å². The Morgan fingerprint density at radius 1 is 0.949 bits per heavy atom. The molecule has 4 heterocycles. The summed E-state index contributed by atoms with van der Waals surface area (Å²) < 4.78 is 7.65. The minimum absolute atomic E-state index is 0.0244. The zero-order valence-corrected chi connectivity index (χ0v) is 22.6. The van der Waals surface area contributed by atoms with E-state index in [9.17, 15) is 4.79 Å². The number of piperidine rings is 2. The molecule has 11 heteroatoms. The normalized spacial score (nSPS) is 20.4. The number of hydrogen-bond acceptors (Lipinski definition) is 9. The number of para-hydroxylation sites is 1. The molecule has 11 nitrogen and oxygen atoms in total. The summed E-state index contributed by atoms with van der Waals surface area (Å²) >= 11 is 0. The summed E-state index contributed by atoms with van der Waals surface area (Å²) in [5, 5.41) is 20.1. The molecule has 2 aromatic heterocycles. The van der Waals surface area contributed by atoms with Crippen LogP contribution in [0.4, 0.5) is 11.6 Å². The Morgan fingerprint density at radius 3 is 2.49 bits per heavy atom. The Bertz CT molecular complexity index is 1190. The molecule has 1 N–H and O–H groups in total. The van der Waals surface area contributed by atoms with Gasteiger partial charge in [0.1, 0.15) is 0 Å². The minimum Gasteiger partial charge on any atom is -0.340 e. The quantitative estimate of drug-likeness (QED) is 0.461. The molecule has 6 rings (SSSR count). The Kier molecular flexibility index (Phi) is 8.13. The van der Waals surface area contributed by atoms with Crippen LogP contribution in [-0.4, -0.2) is 73.9 Å². The summed E-state index contributed by atoms with van der Waals surface area (Å²) in [5.74, 6) is 3.63. The van der Waals surface area contributed by atoms with E-state index in [-0.39, 0.29) is 11.9 Å². The Hall–Kier alpha value is -3.34. The van der Waals surface area contributed by atoms with Crippen LogP contribution in [0.25, 0.3) is 0 Å². The molecule has 0 unspecified atom stereocenters. The number of tetrazole rings is 1. The van der Waals surface area contributed by atoms with Crippen LogP contribution in [0.3, 0.4) is 0 Å². The van der Waals surface area contributed by atoms with Gasteiger partial charge in [0, 0.05) is 44.2 Å². The van der Waals surface area contributed by atoms with E-state index in [2.05, 4.69) is 35.8 Å². The van der Waals surface area contributed by atoms with Crippen molar-refractivity contribution in [2.45, 2.75) is 76.2 Å². The van der Waals surface area contributed by atoms with Crippen molar-refractivity contribution in [3.8, 4) is 0 Å². The van der Waals surface area contributed by atoms with Crippen molar-refractivity contribution in [1.82, 2.24) is 35.2 Å².